The first-order chi connectivity index (χ1) is 18.6. The van der Waals surface area contributed by atoms with Crippen molar-refractivity contribution in [1.29, 1.82) is 0 Å². The topological polar surface area (TPSA) is 114 Å². The lowest BCUT2D eigenvalue weighted by atomic mass is 10.1. The van der Waals surface area contributed by atoms with Crippen LogP contribution >= 0.6 is 27.5 Å². The van der Waals surface area contributed by atoms with Crippen molar-refractivity contribution >= 4 is 68.7 Å². The van der Waals surface area contributed by atoms with E-state index >= 15 is 0 Å². The summed E-state index contributed by atoms with van der Waals surface area (Å²) in [6, 6.07) is 14.3. The number of hydrogen-bond donors (Lipinski definition) is 2. The second-order valence-corrected chi connectivity index (χ2v) is 9.89. The molecular formula is C28H23BrClN3O6. The Hall–Kier alpha value is -4.15. The number of rotatable bonds is 7. The van der Waals surface area contributed by atoms with Gasteiger partial charge in [-0.05, 0) is 88.9 Å². The molecule has 9 nitrogen and oxygen atoms in total. The number of carbonyl (C=O) groups excluding carboxylic acids is 4. The summed E-state index contributed by atoms with van der Waals surface area (Å²) in [4.78, 5) is 51.5. The first-order valence-electron chi connectivity index (χ1n) is 11.6. The van der Waals surface area contributed by atoms with Crippen LogP contribution in [0.15, 0.2) is 64.6 Å². The Kier molecular flexibility index (Phi) is 8.37. The Balaban J connectivity index is 1.57. The molecule has 39 heavy (non-hydrogen) atoms. The highest BCUT2D eigenvalue weighted by molar-refractivity contribution is 9.10. The molecule has 3 aromatic carbocycles. The van der Waals surface area contributed by atoms with Gasteiger partial charge >= 0.3 is 6.03 Å². The maximum absolute atomic E-state index is 13.2. The zero-order chi connectivity index (χ0) is 28.3. The smallest absolute Gasteiger partial charge is 0.335 e. The Morgan fingerprint density at radius 1 is 1.10 bits per heavy atom. The molecule has 1 heterocycles. The number of nitrogens with one attached hydrogen (secondary N) is 2. The van der Waals surface area contributed by atoms with Gasteiger partial charge in [0.05, 0.1) is 17.3 Å². The lowest BCUT2D eigenvalue weighted by Gasteiger charge is -2.26. The van der Waals surface area contributed by atoms with E-state index in [0.717, 1.165) is 16.0 Å². The Morgan fingerprint density at radius 3 is 2.56 bits per heavy atom. The van der Waals surface area contributed by atoms with E-state index in [4.69, 9.17) is 21.1 Å². The third-order valence-corrected chi connectivity index (χ3v) is 6.72. The SMILES string of the molecule is COc1cc(/C=C2\C(=O)NC(=O)N(c3ccc(C)c(Cl)c3)C2=O)cc(Br)c1OCC(=O)Nc1cccc(C)c1. The van der Waals surface area contributed by atoms with Crippen LogP contribution in [0.25, 0.3) is 6.08 Å². The van der Waals surface area contributed by atoms with E-state index < -0.39 is 17.8 Å². The molecule has 0 unspecified atom stereocenters. The van der Waals surface area contributed by atoms with Crippen molar-refractivity contribution in [3.8, 4) is 11.5 Å². The molecule has 0 bridgehead atoms. The van der Waals surface area contributed by atoms with Crippen molar-refractivity contribution in [2.24, 2.45) is 0 Å². The molecule has 4 rings (SSSR count). The van der Waals surface area contributed by atoms with Crippen LogP contribution in [0.1, 0.15) is 16.7 Å². The average Bonchev–Trinajstić information content (AvgIpc) is 2.87. The molecular weight excluding hydrogens is 590 g/mol. The van der Waals surface area contributed by atoms with Crippen molar-refractivity contribution in [1.82, 2.24) is 5.32 Å². The molecule has 1 saturated heterocycles. The summed E-state index contributed by atoms with van der Waals surface area (Å²) in [7, 11) is 1.42. The molecule has 11 heteroatoms. The van der Waals surface area contributed by atoms with Crippen LogP contribution in [0.3, 0.4) is 0 Å². The van der Waals surface area contributed by atoms with E-state index in [1.807, 2.05) is 25.1 Å². The van der Waals surface area contributed by atoms with E-state index in [2.05, 4.69) is 26.6 Å². The van der Waals surface area contributed by atoms with Crippen LogP contribution in [0.4, 0.5) is 16.2 Å². The number of halogens is 2. The van der Waals surface area contributed by atoms with Gasteiger partial charge in [0.2, 0.25) is 0 Å². The summed E-state index contributed by atoms with van der Waals surface area (Å²) in [5.74, 6) is -1.52. The first kappa shape index (κ1) is 27.9. The van der Waals surface area contributed by atoms with Gasteiger partial charge in [-0.2, -0.15) is 0 Å². The largest absolute Gasteiger partial charge is 0.493 e. The lowest BCUT2D eigenvalue weighted by molar-refractivity contribution is -0.122. The summed E-state index contributed by atoms with van der Waals surface area (Å²) in [5, 5.41) is 5.31. The van der Waals surface area contributed by atoms with Crippen LogP contribution in [0.2, 0.25) is 5.02 Å². The van der Waals surface area contributed by atoms with Crippen LogP contribution in [-0.4, -0.2) is 37.5 Å². The van der Waals surface area contributed by atoms with Gasteiger partial charge in [-0.25, -0.2) is 9.69 Å². The van der Waals surface area contributed by atoms with Gasteiger partial charge in [-0.1, -0.05) is 29.8 Å². The zero-order valence-corrected chi connectivity index (χ0v) is 23.5. The van der Waals surface area contributed by atoms with Crippen LogP contribution in [0.5, 0.6) is 11.5 Å². The summed E-state index contributed by atoms with van der Waals surface area (Å²) in [5.41, 5.74) is 2.77. The Bertz CT molecular complexity index is 1540. The lowest BCUT2D eigenvalue weighted by Crippen LogP contribution is -2.54. The average molecular weight is 613 g/mol. The summed E-state index contributed by atoms with van der Waals surface area (Å²) in [6.07, 6.45) is 1.33. The van der Waals surface area contributed by atoms with Gasteiger partial charge < -0.3 is 14.8 Å². The highest BCUT2D eigenvalue weighted by Gasteiger charge is 2.37. The number of ether oxygens (including phenoxy) is 2. The van der Waals surface area contributed by atoms with E-state index in [9.17, 15) is 19.2 Å². The van der Waals surface area contributed by atoms with Crippen molar-refractivity contribution in [3.63, 3.8) is 0 Å². The first-order valence-corrected chi connectivity index (χ1v) is 12.8. The van der Waals surface area contributed by atoms with Crippen molar-refractivity contribution in [3.05, 3.63) is 86.4 Å². The van der Waals surface area contributed by atoms with Crippen LogP contribution in [-0.2, 0) is 14.4 Å². The van der Waals surface area contributed by atoms with E-state index in [0.29, 0.717) is 20.7 Å². The second-order valence-electron chi connectivity index (χ2n) is 8.63. The minimum Gasteiger partial charge on any atom is -0.493 e. The van der Waals surface area contributed by atoms with E-state index in [1.165, 1.54) is 25.3 Å². The van der Waals surface area contributed by atoms with Crippen molar-refractivity contribution in [2.45, 2.75) is 13.8 Å². The maximum atomic E-state index is 13.2. The highest BCUT2D eigenvalue weighted by Crippen LogP contribution is 2.37. The minimum absolute atomic E-state index is 0.220. The van der Waals surface area contributed by atoms with Gasteiger partial charge in [-0.3, -0.25) is 19.7 Å². The molecule has 0 saturated carbocycles. The normalized spacial score (nSPS) is 14.3. The van der Waals surface area contributed by atoms with Gasteiger partial charge in [0.25, 0.3) is 17.7 Å². The number of anilines is 2. The molecule has 0 aromatic heterocycles. The van der Waals surface area contributed by atoms with Crippen LogP contribution in [0, 0.1) is 13.8 Å². The van der Waals surface area contributed by atoms with Gasteiger partial charge in [0, 0.05) is 10.7 Å². The molecule has 5 amide bonds. The van der Waals surface area contributed by atoms with Crippen molar-refractivity contribution in [2.75, 3.05) is 23.9 Å². The number of aryl methyl sites for hydroxylation is 2. The van der Waals surface area contributed by atoms with E-state index in [1.54, 1.807) is 31.2 Å². The van der Waals surface area contributed by atoms with Gasteiger partial charge in [-0.15, -0.1) is 0 Å². The Morgan fingerprint density at radius 2 is 1.87 bits per heavy atom. The number of hydrogen-bond acceptors (Lipinski definition) is 6. The van der Waals surface area contributed by atoms with Crippen molar-refractivity contribution < 1.29 is 28.7 Å². The number of amides is 5. The molecule has 0 atom stereocenters. The standard InChI is InChI=1S/C28H23BrClN3O6/c1-15-5-4-6-18(9-15)31-24(34)14-39-25-21(29)11-17(12-23(25)38-3)10-20-26(35)32-28(37)33(27(20)36)19-8-7-16(2)22(30)13-19/h4-13H,14H2,1-3H3,(H,31,34)(H,32,35,37)/b20-10+. The van der Waals surface area contributed by atoms with E-state index in [-0.39, 0.29) is 35.3 Å². The molecule has 1 fully saturated rings. The number of carbonyl (C=O) groups is 4. The molecule has 200 valence electrons. The number of urea groups is 1. The third kappa shape index (κ3) is 6.30. The highest BCUT2D eigenvalue weighted by atomic mass is 79.9. The molecule has 0 spiro atoms. The summed E-state index contributed by atoms with van der Waals surface area (Å²) >= 11 is 9.58. The number of benzene rings is 3. The fourth-order valence-electron chi connectivity index (χ4n) is 3.80. The zero-order valence-electron chi connectivity index (χ0n) is 21.1. The quantitative estimate of drug-likeness (QED) is 0.272. The molecule has 2 N–H and O–H groups in total. The van der Waals surface area contributed by atoms with Gasteiger partial charge in [0.15, 0.2) is 18.1 Å². The number of methoxy groups -OCH3 is 1. The fourth-order valence-corrected chi connectivity index (χ4v) is 4.55. The molecule has 0 radical (unpaired) electrons. The monoisotopic (exact) mass is 611 g/mol. The maximum Gasteiger partial charge on any atom is 0.335 e. The molecule has 3 aromatic rings. The summed E-state index contributed by atoms with van der Waals surface area (Å²) in [6.45, 7) is 3.41. The second kappa shape index (κ2) is 11.7. The third-order valence-electron chi connectivity index (χ3n) is 5.73. The predicted octanol–water partition coefficient (Wildman–Crippen LogP) is 5.41. The molecule has 1 aliphatic rings. The summed E-state index contributed by atoms with van der Waals surface area (Å²) < 4.78 is 11.5. The minimum atomic E-state index is -0.881. The number of imide groups is 2. The number of barbiturate groups is 1. The fraction of sp³-hybridized carbons (Fsp3) is 0.143. The van der Waals surface area contributed by atoms with Crippen LogP contribution < -0.4 is 25.0 Å². The Labute approximate surface area is 237 Å². The number of nitrogens with zero attached hydrogens (tertiary/aromatic N) is 1. The van der Waals surface area contributed by atoms with Gasteiger partial charge in [0.1, 0.15) is 5.57 Å². The molecule has 0 aliphatic carbocycles. The predicted molar refractivity (Wildman–Crippen MR) is 151 cm³/mol. The molecule has 1 aliphatic heterocycles.